The Hall–Kier alpha value is -3.57. The lowest BCUT2D eigenvalue weighted by molar-refractivity contribution is -0.131. The van der Waals surface area contributed by atoms with Gasteiger partial charge in [-0.1, -0.05) is 13.8 Å². The molecule has 10 nitrogen and oxygen atoms in total. The Morgan fingerprint density at radius 1 is 1.23 bits per heavy atom. The summed E-state index contributed by atoms with van der Waals surface area (Å²) in [5, 5.41) is 15.4. The van der Waals surface area contributed by atoms with Gasteiger partial charge in [-0.25, -0.2) is 14.8 Å². The number of rotatable bonds is 11. The maximum atomic E-state index is 13.5. The van der Waals surface area contributed by atoms with E-state index >= 15 is 0 Å². The number of nitrogens with zero attached hydrogens (tertiary/aromatic N) is 5. The summed E-state index contributed by atoms with van der Waals surface area (Å²) >= 11 is 1.67. The summed E-state index contributed by atoms with van der Waals surface area (Å²) in [5.41, 5.74) is 2.56. The van der Waals surface area contributed by atoms with E-state index in [1.54, 1.807) is 17.5 Å². The van der Waals surface area contributed by atoms with Crippen molar-refractivity contribution < 1.29 is 14.7 Å². The number of hydrogen-bond donors (Lipinski definition) is 2. The van der Waals surface area contributed by atoms with Gasteiger partial charge in [0.05, 0.1) is 16.3 Å². The summed E-state index contributed by atoms with van der Waals surface area (Å²) in [7, 11) is 3.93. The molecule has 0 bridgehead atoms. The van der Waals surface area contributed by atoms with E-state index in [2.05, 4.69) is 24.5 Å². The molecule has 214 valence electrons. The van der Waals surface area contributed by atoms with E-state index in [9.17, 15) is 19.5 Å². The number of carboxylic acid groups (broad SMARTS) is 1. The molecule has 0 spiro atoms. The lowest BCUT2D eigenvalue weighted by atomic mass is 9.95. The van der Waals surface area contributed by atoms with Gasteiger partial charge in [0.2, 0.25) is 5.91 Å². The molecule has 4 heterocycles. The molecule has 1 saturated heterocycles. The first kappa shape index (κ1) is 29.4. The van der Waals surface area contributed by atoms with Gasteiger partial charge in [-0.2, -0.15) is 0 Å². The zero-order valence-corrected chi connectivity index (χ0v) is 24.4. The number of aliphatic carboxylic acids is 1. The number of carboxylic acids is 1. The summed E-state index contributed by atoms with van der Waals surface area (Å²) in [6.45, 7) is 6.73. The van der Waals surface area contributed by atoms with Gasteiger partial charge in [0, 0.05) is 56.2 Å². The average molecular weight is 567 g/mol. The number of piperidine rings is 1. The van der Waals surface area contributed by atoms with E-state index in [1.807, 2.05) is 36.0 Å². The lowest BCUT2D eigenvalue weighted by Gasteiger charge is -2.33. The number of nitrogens with one attached hydrogen (secondary N) is 1. The molecule has 1 aliphatic rings. The van der Waals surface area contributed by atoms with Gasteiger partial charge in [0.25, 0.3) is 5.56 Å². The minimum Gasteiger partial charge on any atom is -0.478 e. The monoisotopic (exact) mass is 566 g/mol. The van der Waals surface area contributed by atoms with E-state index in [4.69, 9.17) is 9.97 Å². The third kappa shape index (κ3) is 7.33. The Labute approximate surface area is 238 Å². The normalized spacial score (nSPS) is 14.6. The number of carbonyl (C=O) groups is 2. The quantitative estimate of drug-likeness (QED) is 0.340. The van der Waals surface area contributed by atoms with Crippen molar-refractivity contribution in [3.05, 3.63) is 62.0 Å². The molecule has 0 aromatic carbocycles. The van der Waals surface area contributed by atoms with Crippen molar-refractivity contribution in [2.45, 2.75) is 45.4 Å². The van der Waals surface area contributed by atoms with Gasteiger partial charge in [0.1, 0.15) is 11.5 Å². The Balaban J connectivity index is 1.55. The van der Waals surface area contributed by atoms with Crippen LogP contribution >= 0.6 is 11.3 Å². The highest BCUT2D eigenvalue weighted by Crippen LogP contribution is 2.26. The summed E-state index contributed by atoms with van der Waals surface area (Å²) in [6.07, 6.45) is 6.81. The van der Waals surface area contributed by atoms with Crippen molar-refractivity contribution in [2.75, 3.05) is 45.2 Å². The van der Waals surface area contributed by atoms with Crippen molar-refractivity contribution in [1.82, 2.24) is 24.6 Å². The van der Waals surface area contributed by atoms with E-state index < -0.39 is 5.97 Å². The van der Waals surface area contributed by atoms with Crippen LogP contribution in [0.2, 0.25) is 0 Å². The van der Waals surface area contributed by atoms with Crippen molar-refractivity contribution in [3.63, 3.8) is 0 Å². The van der Waals surface area contributed by atoms with Crippen LogP contribution in [0.1, 0.15) is 54.4 Å². The molecule has 0 unspecified atom stereocenters. The van der Waals surface area contributed by atoms with Crippen molar-refractivity contribution >= 4 is 40.8 Å². The molecule has 3 aromatic rings. The second-order valence-corrected chi connectivity index (χ2v) is 11.7. The molecular formula is C29H38N6O4S. The van der Waals surface area contributed by atoms with Crippen molar-refractivity contribution in [3.8, 4) is 0 Å². The van der Waals surface area contributed by atoms with Crippen molar-refractivity contribution in [2.24, 2.45) is 5.92 Å². The van der Waals surface area contributed by atoms with Crippen LogP contribution in [0, 0.1) is 5.92 Å². The molecule has 11 heteroatoms. The first-order valence-electron chi connectivity index (χ1n) is 13.7. The van der Waals surface area contributed by atoms with E-state index in [1.165, 1.54) is 10.5 Å². The van der Waals surface area contributed by atoms with Crippen LogP contribution in [0.25, 0.3) is 11.7 Å². The number of carbonyl (C=O) groups excluding carboxylic acids is 1. The second kappa shape index (κ2) is 13.2. The number of thiazole rings is 1. The van der Waals surface area contributed by atoms with Crippen LogP contribution in [0.4, 0.5) is 5.82 Å². The summed E-state index contributed by atoms with van der Waals surface area (Å²) in [5.74, 6) is -0.350. The number of pyridine rings is 1. The Morgan fingerprint density at radius 3 is 2.62 bits per heavy atom. The fourth-order valence-electron chi connectivity index (χ4n) is 4.74. The van der Waals surface area contributed by atoms with Gasteiger partial charge in [-0.3, -0.25) is 14.0 Å². The molecule has 0 radical (unpaired) electrons. The number of anilines is 1. The van der Waals surface area contributed by atoms with Crippen LogP contribution in [0.15, 0.2) is 34.6 Å². The van der Waals surface area contributed by atoms with Gasteiger partial charge < -0.3 is 20.2 Å². The van der Waals surface area contributed by atoms with Crippen LogP contribution in [-0.4, -0.2) is 76.5 Å². The van der Waals surface area contributed by atoms with Crippen molar-refractivity contribution in [1.29, 1.82) is 0 Å². The standard InChI is InChI=1S/C29H38N6O4S/c1-19(2)23-18-40-25(31-23)7-5-20-9-15-35-24(17-20)32-27(22(29(35)39)6-8-26(36)37)34-13-10-21(11-14-34)28(38)30-12-16-33(3)4/h6,8-9,15,17-19,21H,5,7,10-14,16H2,1-4H3,(H,30,38)(H,36,37). The molecule has 1 aliphatic heterocycles. The molecular weight excluding hydrogens is 528 g/mol. The predicted octanol–water partition coefficient (Wildman–Crippen LogP) is 3.05. The minimum absolute atomic E-state index is 0.0458. The lowest BCUT2D eigenvalue weighted by Crippen LogP contribution is -2.43. The summed E-state index contributed by atoms with van der Waals surface area (Å²) in [6, 6.07) is 3.81. The zero-order valence-electron chi connectivity index (χ0n) is 23.6. The fourth-order valence-corrected chi connectivity index (χ4v) is 5.70. The van der Waals surface area contributed by atoms with Crippen LogP contribution < -0.4 is 15.8 Å². The molecule has 3 aromatic heterocycles. The fraction of sp³-hybridized carbons (Fsp3) is 0.483. The first-order valence-corrected chi connectivity index (χ1v) is 14.6. The predicted molar refractivity (Wildman–Crippen MR) is 158 cm³/mol. The third-order valence-corrected chi connectivity index (χ3v) is 8.04. The van der Waals surface area contributed by atoms with Gasteiger partial charge in [-0.15, -0.1) is 11.3 Å². The molecule has 0 atom stereocenters. The molecule has 0 saturated carbocycles. The van der Waals surface area contributed by atoms with E-state index in [0.717, 1.165) is 41.7 Å². The maximum Gasteiger partial charge on any atom is 0.328 e. The molecule has 2 N–H and O–H groups in total. The molecule has 0 aliphatic carbocycles. The molecule has 40 heavy (non-hydrogen) atoms. The maximum absolute atomic E-state index is 13.5. The number of amides is 1. The van der Waals surface area contributed by atoms with Crippen LogP contribution in [0.5, 0.6) is 0 Å². The van der Waals surface area contributed by atoms with Gasteiger partial charge >= 0.3 is 5.97 Å². The highest BCUT2D eigenvalue weighted by molar-refractivity contribution is 7.09. The number of aromatic nitrogens is 3. The highest BCUT2D eigenvalue weighted by Gasteiger charge is 2.27. The highest BCUT2D eigenvalue weighted by atomic mass is 32.1. The van der Waals surface area contributed by atoms with Crippen LogP contribution in [-0.2, 0) is 22.4 Å². The topological polar surface area (TPSA) is 120 Å². The molecule has 1 fully saturated rings. The first-order chi connectivity index (χ1) is 19.1. The Bertz CT molecular complexity index is 1440. The number of aryl methyl sites for hydroxylation is 2. The third-order valence-electron chi connectivity index (χ3n) is 7.11. The van der Waals surface area contributed by atoms with Gasteiger partial charge in [0.15, 0.2) is 0 Å². The Kier molecular flexibility index (Phi) is 9.70. The Morgan fingerprint density at radius 2 is 1.98 bits per heavy atom. The molecule has 4 rings (SSSR count). The van der Waals surface area contributed by atoms with Crippen LogP contribution in [0.3, 0.4) is 0 Å². The van der Waals surface area contributed by atoms with Gasteiger partial charge in [-0.05, 0) is 63.0 Å². The van der Waals surface area contributed by atoms with E-state index in [0.29, 0.717) is 49.9 Å². The molecule has 1 amide bonds. The average Bonchev–Trinajstić information content (AvgIpc) is 3.40. The summed E-state index contributed by atoms with van der Waals surface area (Å²) in [4.78, 5) is 51.0. The minimum atomic E-state index is -1.14. The number of likely N-dealkylation sites (N-methyl/N-ethyl adjacent to an activating group) is 1. The largest absolute Gasteiger partial charge is 0.478 e. The number of fused-ring (bicyclic) bond motifs is 1. The van der Waals surface area contributed by atoms with E-state index in [-0.39, 0.29) is 22.9 Å². The summed E-state index contributed by atoms with van der Waals surface area (Å²) < 4.78 is 1.46. The SMILES string of the molecule is CC(C)c1csc(CCc2ccn3c(=O)c(C=CC(=O)O)c(N4CCC(C(=O)NCCN(C)C)CC4)nc3c2)n1. The zero-order chi connectivity index (χ0) is 28.8. The number of hydrogen-bond acceptors (Lipinski definition) is 8. The smallest absolute Gasteiger partial charge is 0.328 e. The second-order valence-electron chi connectivity index (χ2n) is 10.8.